The van der Waals surface area contributed by atoms with E-state index in [9.17, 15) is 4.79 Å². The highest BCUT2D eigenvalue weighted by Gasteiger charge is 2.34. The standard InChI is InChI=1S/C14H17NO4/c16-8-10-5-6-15(7-10)14(17)13-9-18-11-3-1-2-4-12(11)19-13/h1-4,10,13,16H,5-9H2/t10-,13-/m1/s1. The number of hydrogen-bond acceptors (Lipinski definition) is 4. The van der Waals surface area contributed by atoms with Crippen molar-refractivity contribution in [2.24, 2.45) is 5.92 Å². The van der Waals surface area contributed by atoms with Crippen LogP contribution in [0.4, 0.5) is 0 Å². The summed E-state index contributed by atoms with van der Waals surface area (Å²) in [5.41, 5.74) is 0. The normalized spacial score (nSPS) is 25.4. The van der Waals surface area contributed by atoms with E-state index < -0.39 is 6.10 Å². The summed E-state index contributed by atoms with van der Waals surface area (Å²) < 4.78 is 11.2. The van der Waals surface area contributed by atoms with Gasteiger partial charge in [0.1, 0.15) is 6.61 Å². The van der Waals surface area contributed by atoms with Gasteiger partial charge in [0.15, 0.2) is 11.5 Å². The molecule has 2 aliphatic heterocycles. The van der Waals surface area contributed by atoms with Gasteiger partial charge in [-0.15, -0.1) is 0 Å². The minimum Gasteiger partial charge on any atom is -0.485 e. The van der Waals surface area contributed by atoms with Gasteiger partial charge in [-0.05, 0) is 18.6 Å². The molecule has 0 bridgehead atoms. The fourth-order valence-electron chi connectivity index (χ4n) is 2.53. The average molecular weight is 263 g/mol. The van der Waals surface area contributed by atoms with Crippen LogP contribution in [-0.2, 0) is 4.79 Å². The van der Waals surface area contributed by atoms with Crippen LogP contribution in [0.5, 0.6) is 11.5 Å². The molecule has 0 spiro atoms. The number of hydrogen-bond donors (Lipinski definition) is 1. The summed E-state index contributed by atoms with van der Waals surface area (Å²) in [6.07, 6.45) is 0.277. The fraction of sp³-hybridized carbons (Fsp3) is 0.500. The molecule has 0 aromatic heterocycles. The minimum absolute atomic E-state index is 0.0505. The van der Waals surface area contributed by atoms with Crippen molar-refractivity contribution < 1.29 is 19.4 Å². The molecule has 19 heavy (non-hydrogen) atoms. The number of carbonyl (C=O) groups is 1. The maximum atomic E-state index is 12.3. The lowest BCUT2D eigenvalue weighted by Gasteiger charge is -2.28. The number of fused-ring (bicyclic) bond motifs is 1. The van der Waals surface area contributed by atoms with E-state index in [0.29, 0.717) is 24.6 Å². The van der Waals surface area contributed by atoms with Crippen molar-refractivity contribution in [1.29, 1.82) is 0 Å². The SMILES string of the molecule is O=C([C@H]1COc2ccccc2O1)N1CC[C@@H](CO)C1. The molecule has 0 aliphatic carbocycles. The van der Waals surface area contributed by atoms with Gasteiger partial charge in [-0.25, -0.2) is 0 Å². The summed E-state index contributed by atoms with van der Waals surface area (Å²) in [6.45, 7) is 1.67. The van der Waals surface area contributed by atoms with Crippen LogP contribution >= 0.6 is 0 Å². The Hall–Kier alpha value is -1.75. The van der Waals surface area contributed by atoms with Crippen molar-refractivity contribution in [2.75, 3.05) is 26.3 Å². The average Bonchev–Trinajstić information content (AvgIpc) is 2.95. The number of benzene rings is 1. The smallest absolute Gasteiger partial charge is 0.267 e. The number of amides is 1. The van der Waals surface area contributed by atoms with E-state index in [4.69, 9.17) is 14.6 Å². The Morgan fingerprint density at radius 2 is 2.16 bits per heavy atom. The molecule has 1 amide bonds. The second-order valence-corrected chi connectivity index (χ2v) is 4.99. The number of aliphatic hydroxyl groups is 1. The Morgan fingerprint density at radius 3 is 2.89 bits per heavy atom. The zero-order chi connectivity index (χ0) is 13.2. The molecule has 2 aliphatic rings. The van der Waals surface area contributed by atoms with E-state index in [1.807, 2.05) is 18.2 Å². The molecule has 0 unspecified atom stereocenters. The molecule has 1 aromatic rings. The molecule has 0 saturated carbocycles. The van der Waals surface area contributed by atoms with Crippen molar-refractivity contribution in [3.63, 3.8) is 0 Å². The highest BCUT2D eigenvalue weighted by molar-refractivity contribution is 5.82. The van der Waals surface area contributed by atoms with Crippen LogP contribution in [0.2, 0.25) is 0 Å². The molecule has 102 valence electrons. The number of ether oxygens (including phenoxy) is 2. The molecule has 1 saturated heterocycles. The van der Waals surface area contributed by atoms with Crippen molar-refractivity contribution in [2.45, 2.75) is 12.5 Å². The third kappa shape index (κ3) is 2.38. The highest BCUT2D eigenvalue weighted by Crippen LogP contribution is 2.31. The van der Waals surface area contributed by atoms with Crippen molar-refractivity contribution in [1.82, 2.24) is 4.90 Å². The van der Waals surface area contributed by atoms with Gasteiger partial charge in [0, 0.05) is 25.6 Å². The second kappa shape index (κ2) is 5.09. The quantitative estimate of drug-likeness (QED) is 0.852. The maximum absolute atomic E-state index is 12.3. The van der Waals surface area contributed by atoms with Gasteiger partial charge in [-0.1, -0.05) is 12.1 Å². The Bertz CT molecular complexity index is 476. The lowest BCUT2D eigenvalue weighted by molar-refractivity contribution is -0.140. The number of para-hydroxylation sites is 2. The Balaban J connectivity index is 1.66. The summed E-state index contributed by atoms with van der Waals surface area (Å²) in [6, 6.07) is 7.35. The molecule has 1 fully saturated rings. The monoisotopic (exact) mass is 263 g/mol. The Labute approximate surface area is 111 Å². The Morgan fingerprint density at radius 1 is 1.37 bits per heavy atom. The number of carbonyl (C=O) groups excluding carboxylic acids is 1. The topological polar surface area (TPSA) is 59.0 Å². The molecule has 2 heterocycles. The zero-order valence-corrected chi connectivity index (χ0v) is 10.6. The van der Waals surface area contributed by atoms with Crippen LogP contribution in [0.15, 0.2) is 24.3 Å². The van der Waals surface area contributed by atoms with E-state index >= 15 is 0 Å². The van der Waals surface area contributed by atoms with Crippen LogP contribution in [0.1, 0.15) is 6.42 Å². The molecule has 2 atom stereocenters. The van der Waals surface area contributed by atoms with Crippen LogP contribution in [-0.4, -0.2) is 48.3 Å². The number of aliphatic hydroxyl groups excluding tert-OH is 1. The molecule has 0 radical (unpaired) electrons. The molecule has 3 rings (SSSR count). The van der Waals surface area contributed by atoms with Gasteiger partial charge in [0.05, 0.1) is 0 Å². The summed E-state index contributed by atoms with van der Waals surface area (Å²) in [5, 5.41) is 9.11. The third-order valence-corrected chi connectivity index (χ3v) is 3.64. The predicted molar refractivity (Wildman–Crippen MR) is 68.1 cm³/mol. The molecule has 1 N–H and O–H groups in total. The second-order valence-electron chi connectivity index (χ2n) is 4.99. The fourth-order valence-corrected chi connectivity index (χ4v) is 2.53. The van der Waals surface area contributed by atoms with E-state index in [0.717, 1.165) is 6.42 Å². The van der Waals surface area contributed by atoms with E-state index in [2.05, 4.69) is 0 Å². The molecule has 5 nitrogen and oxygen atoms in total. The van der Waals surface area contributed by atoms with Crippen LogP contribution in [0.25, 0.3) is 0 Å². The first-order chi connectivity index (χ1) is 9.28. The van der Waals surface area contributed by atoms with Gasteiger partial charge >= 0.3 is 0 Å². The number of rotatable bonds is 2. The Kier molecular flexibility index (Phi) is 3.29. The van der Waals surface area contributed by atoms with E-state index in [1.165, 1.54) is 0 Å². The van der Waals surface area contributed by atoms with Crippen molar-refractivity contribution >= 4 is 5.91 Å². The first-order valence-electron chi connectivity index (χ1n) is 6.56. The van der Waals surface area contributed by atoms with Crippen molar-refractivity contribution in [3.05, 3.63) is 24.3 Å². The minimum atomic E-state index is -0.577. The number of nitrogens with zero attached hydrogens (tertiary/aromatic N) is 1. The predicted octanol–water partition coefficient (Wildman–Crippen LogP) is 0.667. The molecular formula is C14H17NO4. The van der Waals surface area contributed by atoms with Gasteiger partial charge in [-0.3, -0.25) is 4.79 Å². The zero-order valence-electron chi connectivity index (χ0n) is 10.6. The van der Waals surface area contributed by atoms with Crippen molar-refractivity contribution in [3.8, 4) is 11.5 Å². The van der Waals surface area contributed by atoms with Gasteiger partial charge in [-0.2, -0.15) is 0 Å². The van der Waals surface area contributed by atoms with Gasteiger partial charge in [0.25, 0.3) is 5.91 Å². The largest absolute Gasteiger partial charge is 0.485 e. The van der Waals surface area contributed by atoms with E-state index in [-0.39, 0.29) is 25.0 Å². The number of likely N-dealkylation sites (tertiary alicyclic amines) is 1. The summed E-state index contributed by atoms with van der Waals surface area (Å²) in [5.74, 6) is 1.44. The first kappa shape index (κ1) is 12.3. The van der Waals surface area contributed by atoms with Crippen LogP contribution < -0.4 is 9.47 Å². The van der Waals surface area contributed by atoms with E-state index in [1.54, 1.807) is 11.0 Å². The maximum Gasteiger partial charge on any atom is 0.267 e. The first-order valence-corrected chi connectivity index (χ1v) is 6.56. The van der Waals surface area contributed by atoms with Gasteiger partial charge in [0.2, 0.25) is 6.10 Å². The third-order valence-electron chi connectivity index (χ3n) is 3.64. The molecule has 1 aromatic carbocycles. The lowest BCUT2D eigenvalue weighted by Crippen LogP contribution is -2.45. The summed E-state index contributed by atoms with van der Waals surface area (Å²) in [7, 11) is 0. The summed E-state index contributed by atoms with van der Waals surface area (Å²) >= 11 is 0. The summed E-state index contributed by atoms with van der Waals surface area (Å²) in [4.78, 5) is 14.1. The molecular weight excluding hydrogens is 246 g/mol. The lowest BCUT2D eigenvalue weighted by atomic mass is 10.1. The highest BCUT2D eigenvalue weighted by atomic mass is 16.6. The van der Waals surface area contributed by atoms with Gasteiger partial charge < -0.3 is 19.5 Å². The van der Waals surface area contributed by atoms with Crippen LogP contribution in [0.3, 0.4) is 0 Å². The van der Waals surface area contributed by atoms with Crippen LogP contribution in [0, 0.1) is 5.92 Å². The molecule has 5 heteroatoms.